The molecule has 0 spiro atoms. The predicted octanol–water partition coefficient (Wildman–Crippen LogP) is 3.40. The van der Waals surface area contributed by atoms with E-state index in [-0.39, 0.29) is 6.08 Å². The Bertz CT molecular complexity index is 521. The second-order valence-corrected chi connectivity index (χ2v) is 3.76. The smallest absolute Gasteiger partial charge is 0.434 e. The molecule has 104 valence electrons. The van der Waals surface area contributed by atoms with E-state index in [9.17, 15) is 31.9 Å². The molecule has 0 aliphatic rings. The van der Waals surface area contributed by atoms with Gasteiger partial charge in [-0.1, -0.05) is 0 Å². The zero-order valence-electron chi connectivity index (χ0n) is 8.88. The van der Waals surface area contributed by atoms with Crippen LogP contribution in [0.3, 0.4) is 0 Å². The van der Waals surface area contributed by atoms with Crippen molar-refractivity contribution < 1.29 is 31.9 Å². The average Bonchev–Trinajstić information content (AvgIpc) is 2.26. The number of alkyl halides is 6. The highest BCUT2D eigenvalue weighted by Crippen LogP contribution is 2.33. The maximum absolute atomic E-state index is 12.5. The fraction of sp³-hybridized carbons (Fsp3) is 0.200. The number of nitrogens with zero attached hydrogens (tertiary/aromatic N) is 1. The van der Waals surface area contributed by atoms with Crippen LogP contribution in [-0.2, 0) is 11.0 Å². The van der Waals surface area contributed by atoms with Gasteiger partial charge in [0.1, 0.15) is 5.76 Å². The number of carbonyl (C=O) groups is 1. The summed E-state index contributed by atoms with van der Waals surface area (Å²) in [6, 6.07) is 1.82. The van der Waals surface area contributed by atoms with Gasteiger partial charge in [0.2, 0.25) is 5.78 Å². The highest BCUT2D eigenvalue weighted by atomic mass is 35.5. The quantitative estimate of drug-likeness (QED) is 0.403. The first-order valence-corrected chi connectivity index (χ1v) is 4.95. The normalized spacial score (nSPS) is 13.5. The number of aliphatic hydroxyl groups excluding tert-OH is 1. The minimum Gasteiger partial charge on any atom is -0.507 e. The van der Waals surface area contributed by atoms with Crippen LogP contribution in [0, 0.1) is 0 Å². The SMILES string of the molecule is O=C(/C=C(\O)c1cccnc1C(F)(F)F)C(F)(F)Cl. The second kappa shape index (κ2) is 5.12. The van der Waals surface area contributed by atoms with E-state index in [1.165, 1.54) is 0 Å². The Morgan fingerprint density at radius 1 is 1.32 bits per heavy atom. The molecule has 0 saturated heterocycles. The molecule has 1 aromatic heterocycles. The highest BCUT2D eigenvalue weighted by molar-refractivity contribution is 6.34. The molecule has 0 fully saturated rings. The average molecular weight is 302 g/mol. The number of ketones is 1. The van der Waals surface area contributed by atoms with Gasteiger partial charge in [-0.15, -0.1) is 0 Å². The van der Waals surface area contributed by atoms with Gasteiger partial charge < -0.3 is 5.11 Å². The molecule has 0 aliphatic carbocycles. The second-order valence-electron chi connectivity index (χ2n) is 3.29. The summed E-state index contributed by atoms with van der Waals surface area (Å²) >= 11 is 4.37. The topological polar surface area (TPSA) is 50.2 Å². The number of hydrogen-bond donors (Lipinski definition) is 1. The van der Waals surface area contributed by atoms with Gasteiger partial charge in [0.25, 0.3) is 0 Å². The van der Waals surface area contributed by atoms with Gasteiger partial charge in [0.15, 0.2) is 5.69 Å². The number of halogens is 6. The van der Waals surface area contributed by atoms with Crippen LogP contribution >= 0.6 is 11.6 Å². The molecule has 9 heteroatoms. The Kier molecular flexibility index (Phi) is 4.14. The summed E-state index contributed by atoms with van der Waals surface area (Å²) in [6.07, 6.45) is -4.19. The zero-order valence-corrected chi connectivity index (χ0v) is 9.64. The van der Waals surface area contributed by atoms with Crippen molar-refractivity contribution in [3.63, 3.8) is 0 Å². The number of hydrogen-bond acceptors (Lipinski definition) is 3. The summed E-state index contributed by atoms with van der Waals surface area (Å²) in [5.74, 6) is -3.34. The van der Waals surface area contributed by atoms with Gasteiger partial charge in [0, 0.05) is 17.8 Å². The standard InChI is InChI=1S/C10H5ClF5NO2/c11-9(12,13)7(19)4-6(18)5-2-1-3-17-8(5)10(14,15)16/h1-4,18H/b6-4-. The van der Waals surface area contributed by atoms with Crippen LogP contribution in [0.5, 0.6) is 0 Å². The summed E-state index contributed by atoms with van der Waals surface area (Å²) in [5, 5.41) is 5.00. The molecule has 0 unspecified atom stereocenters. The van der Waals surface area contributed by atoms with Gasteiger partial charge in [-0.25, -0.2) is 0 Å². The van der Waals surface area contributed by atoms with Gasteiger partial charge in [0.05, 0.1) is 0 Å². The van der Waals surface area contributed by atoms with Crippen molar-refractivity contribution >= 4 is 23.1 Å². The van der Waals surface area contributed by atoms with Crippen LogP contribution in [0.15, 0.2) is 24.4 Å². The van der Waals surface area contributed by atoms with E-state index < -0.39 is 34.4 Å². The van der Waals surface area contributed by atoms with E-state index in [4.69, 9.17) is 0 Å². The lowest BCUT2D eigenvalue weighted by Crippen LogP contribution is -2.19. The van der Waals surface area contributed by atoms with E-state index >= 15 is 0 Å². The number of rotatable bonds is 3. The predicted molar refractivity (Wildman–Crippen MR) is 55.7 cm³/mol. The monoisotopic (exact) mass is 301 g/mol. The molecule has 0 aromatic carbocycles. The van der Waals surface area contributed by atoms with E-state index in [2.05, 4.69) is 16.6 Å². The third kappa shape index (κ3) is 3.88. The van der Waals surface area contributed by atoms with E-state index in [0.717, 1.165) is 18.3 Å². The first kappa shape index (κ1) is 15.4. The molecule has 0 aliphatic heterocycles. The van der Waals surface area contributed by atoms with Crippen molar-refractivity contribution in [2.45, 2.75) is 11.6 Å². The number of aliphatic hydroxyl groups is 1. The van der Waals surface area contributed by atoms with Gasteiger partial charge in [-0.05, 0) is 23.7 Å². The maximum Gasteiger partial charge on any atom is 0.434 e. The first-order valence-electron chi connectivity index (χ1n) is 4.58. The number of allylic oxidation sites excluding steroid dienone is 1. The lowest BCUT2D eigenvalue weighted by Gasteiger charge is -2.11. The van der Waals surface area contributed by atoms with Crippen molar-refractivity contribution in [2.75, 3.05) is 0 Å². The number of aromatic nitrogens is 1. The van der Waals surface area contributed by atoms with Gasteiger partial charge in [-0.3, -0.25) is 9.78 Å². The summed E-state index contributed by atoms with van der Waals surface area (Å²) in [6.45, 7) is 0. The van der Waals surface area contributed by atoms with Crippen LogP contribution in [0.1, 0.15) is 11.3 Å². The van der Waals surface area contributed by atoms with Gasteiger partial charge >= 0.3 is 11.6 Å². The van der Waals surface area contributed by atoms with E-state index in [1.54, 1.807) is 0 Å². The van der Waals surface area contributed by atoms with Crippen LogP contribution in [0.4, 0.5) is 22.0 Å². The minimum absolute atomic E-state index is 0.0841. The molecule has 3 nitrogen and oxygen atoms in total. The van der Waals surface area contributed by atoms with Crippen molar-refractivity contribution in [3.8, 4) is 0 Å². The third-order valence-corrected chi connectivity index (χ3v) is 2.09. The Morgan fingerprint density at radius 3 is 2.37 bits per heavy atom. The molecule has 0 atom stereocenters. The minimum atomic E-state index is -4.91. The Balaban J connectivity index is 3.25. The molecule has 0 radical (unpaired) electrons. The van der Waals surface area contributed by atoms with Crippen LogP contribution in [0.2, 0.25) is 0 Å². The first-order chi connectivity index (χ1) is 8.53. The Hall–Kier alpha value is -1.70. The molecule has 1 heterocycles. The molecule has 1 N–H and O–H groups in total. The lowest BCUT2D eigenvalue weighted by atomic mass is 10.1. The maximum atomic E-state index is 12.5. The van der Waals surface area contributed by atoms with E-state index in [0.29, 0.717) is 0 Å². The summed E-state index contributed by atoms with van der Waals surface area (Å²) < 4.78 is 62.3. The van der Waals surface area contributed by atoms with E-state index in [1.807, 2.05) is 0 Å². The summed E-state index contributed by atoms with van der Waals surface area (Å²) in [5.41, 5.74) is -2.40. The number of carbonyl (C=O) groups excluding carboxylic acids is 1. The third-order valence-electron chi connectivity index (χ3n) is 1.90. The highest BCUT2D eigenvalue weighted by Gasteiger charge is 2.38. The fourth-order valence-corrected chi connectivity index (χ4v) is 1.18. The molecule has 0 saturated carbocycles. The largest absolute Gasteiger partial charge is 0.507 e. The molecular weight excluding hydrogens is 297 g/mol. The van der Waals surface area contributed by atoms with Crippen LogP contribution < -0.4 is 0 Å². The summed E-state index contributed by atoms with van der Waals surface area (Å²) in [7, 11) is 0. The fourth-order valence-electron chi connectivity index (χ4n) is 1.12. The molecule has 0 bridgehead atoms. The Labute approximate surface area is 108 Å². The van der Waals surface area contributed by atoms with Crippen molar-refractivity contribution in [1.82, 2.24) is 4.98 Å². The summed E-state index contributed by atoms with van der Waals surface area (Å²) in [4.78, 5) is 13.8. The zero-order chi connectivity index (χ0) is 14.8. The van der Waals surface area contributed by atoms with Crippen molar-refractivity contribution in [3.05, 3.63) is 35.7 Å². The van der Waals surface area contributed by atoms with Crippen molar-refractivity contribution in [2.24, 2.45) is 0 Å². The van der Waals surface area contributed by atoms with Crippen LogP contribution in [0.25, 0.3) is 5.76 Å². The molecular formula is C10H5ClF5NO2. The van der Waals surface area contributed by atoms with Crippen LogP contribution in [-0.4, -0.2) is 21.3 Å². The number of pyridine rings is 1. The lowest BCUT2D eigenvalue weighted by molar-refractivity contribution is -0.141. The molecule has 1 aromatic rings. The van der Waals surface area contributed by atoms with Gasteiger partial charge in [-0.2, -0.15) is 22.0 Å². The Morgan fingerprint density at radius 2 is 1.89 bits per heavy atom. The molecule has 0 amide bonds. The van der Waals surface area contributed by atoms with Crippen molar-refractivity contribution in [1.29, 1.82) is 0 Å². The molecule has 19 heavy (non-hydrogen) atoms. The molecule has 1 rings (SSSR count).